The SMILES string of the molecule is CCNC(=O)C(C)(C)CN=C(NCC)NC1CCCCC1. The van der Waals surface area contributed by atoms with Crippen LogP contribution in [0.15, 0.2) is 4.99 Å². The maximum atomic E-state index is 12.0. The Kier molecular flexibility index (Phi) is 7.54. The predicted molar refractivity (Wildman–Crippen MR) is 88.5 cm³/mol. The zero-order valence-electron chi connectivity index (χ0n) is 14.1. The van der Waals surface area contributed by atoms with E-state index in [0.717, 1.165) is 12.5 Å². The first-order valence-electron chi connectivity index (χ1n) is 8.32. The molecule has 1 rings (SSSR count). The van der Waals surface area contributed by atoms with Crippen molar-refractivity contribution in [3.8, 4) is 0 Å². The summed E-state index contributed by atoms with van der Waals surface area (Å²) in [6.07, 6.45) is 6.35. The Hall–Kier alpha value is -1.26. The molecular weight excluding hydrogens is 264 g/mol. The van der Waals surface area contributed by atoms with E-state index in [-0.39, 0.29) is 5.91 Å². The molecule has 0 aromatic carbocycles. The number of rotatable bonds is 6. The van der Waals surface area contributed by atoms with Crippen LogP contribution in [0.1, 0.15) is 59.8 Å². The van der Waals surface area contributed by atoms with Crippen molar-refractivity contribution < 1.29 is 4.79 Å². The fourth-order valence-electron chi connectivity index (χ4n) is 2.51. The summed E-state index contributed by atoms with van der Waals surface area (Å²) < 4.78 is 0. The number of nitrogens with one attached hydrogen (secondary N) is 3. The Balaban J connectivity index is 2.59. The predicted octanol–water partition coefficient (Wildman–Crippen LogP) is 2.04. The molecule has 0 aliphatic heterocycles. The normalized spacial score (nSPS) is 17.4. The van der Waals surface area contributed by atoms with Crippen LogP contribution in [0.4, 0.5) is 0 Å². The van der Waals surface area contributed by atoms with E-state index in [0.29, 0.717) is 19.1 Å². The zero-order chi connectivity index (χ0) is 15.7. The van der Waals surface area contributed by atoms with Crippen molar-refractivity contribution in [2.75, 3.05) is 19.6 Å². The standard InChI is InChI=1S/C16H32N4O/c1-5-17-14(21)16(3,4)12-19-15(18-6-2)20-13-10-8-7-9-11-13/h13H,5-12H2,1-4H3,(H,17,21)(H2,18,19,20). The number of hydrogen-bond acceptors (Lipinski definition) is 2. The topological polar surface area (TPSA) is 65.5 Å². The molecule has 0 saturated heterocycles. The summed E-state index contributed by atoms with van der Waals surface area (Å²) in [5.74, 6) is 0.893. The Morgan fingerprint density at radius 2 is 1.71 bits per heavy atom. The number of carbonyl (C=O) groups excluding carboxylic acids is 1. The van der Waals surface area contributed by atoms with Crippen LogP contribution < -0.4 is 16.0 Å². The second-order valence-electron chi connectivity index (χ2n) is 6.42. The molecule has 1 saturated carbocycles. The molecule has 1 fully saturated rings. The minimum absolute atomic E-state index is 0.0577. The van der Waals surface area contributed by atoms with Crippen molar-refractivity contribution in [2.24, 2.45) is 10.4 Å². The summed E-state index contributed by atoms with van der Waals surface area (Å²) in [6.45, 7) is 9.85. The fraction of sp³-hybridized carbons (Fsp3) is 0.875. The van der Waals surface area contributed by atoms with E-state index in [1.165, 1.54) is 32.1 Å². The monoisotopic (exact) mass is 296 g/mol. The zero-order valence-corrected chi connectivity index (χ0v) is 14.1. The molecule has 0 bridgehead atoms. The van der Waals surface area contributed by atoms with Gasteiger partial charge in [0.15, 0.2) is 5.96 Å². The van der Waals surface area contributed by atoms with Crippen LogP contribution in [0.25, 0.3) is 0 Å². The first-order valence-corrected chi connectivity index (χ1v) is 8.32. The molecule has 0 heterocycles. The first-order chi connectivity index (χ1) is 9.99. The van der Waals surface area contributed by atoms with Gasteiger partial charge in [-0.3, -0.25) is 9.79 Å². The summed E-state index contributed by atoms with van der Waals surface area (Å²) in [5.41, 5.74) is -0.481. The van der Waals surface area contributed by atoms with Gasteiger partial charge in [0.2, 0.25) is 5.91 Å². The van der Waals surface area contributed by atoms with Gasteiger partial charge < -0.3 is 16.0 Å². The van der Waals surface area contributed by atoms with E-state index in [1.807, 2.05) is 20.8 Å². The first kappa shape index (κ1) is 17.8. The van der Waals surface area contributed by atoms with Gasteiger partial charge in [0.05, 0.1) is 12.0 Å². The summed E-state index contributed by atoms with van der Waals surface area (Å²) in [6, 6.07) is 0.518. The Labute approximate surface area is 129 Å². The summed E-state index contributed by atoms with van der Waals surface area (Å²) in [4.78, 5) is 16.6. The van der Waals surface area contributed by atoms with E-state index in [4.69, 9.17) is 0 Å². The molecule has 1 aliphatic carbocycles. The molecule has 0 unspecified atom stereocenters. The molecule has 0 atom stereocenters. The number of hydrogen-bond donors (Lipinski definition) is 3. The van der Waals surface area contributed by atoms with Crippen molar-refractivity contribution in [1.29, 1.82) is 0 Å². The lowest BCUT2D eigenvalue weighted by molar-refractivity contribution is -0.128. The average molecular weight is 296 g/mol. The molecule has 1 aliphatic rings. The van der Waals surface area contributed by atoms with Crippen molar-refractivity contribution >= 4 is 11.9 Å². The van der Waals surface area contributed by atoms with Crippen LogP contribution in [0.5, 0.6) is 0 Å². The van der Waals surface area contributed by atoms with Crippen LogP contribution >= 0.6 is 0 Å². The average Bonchev–Trinajstić information content (AvgIpc) is 2.46. The second-order valence-corrected chi connectivity index (χ2v) is 6.42. The molecule has 3 N–H and O–H groups in total. The van der Waals surface area contributed by atoms with Gasteiger partial charge in [0.1, 0.15) is 0 Å². The minimum Gasteiger partial charge on any atom is -0.357 e. The van der Waals surface area contributed by atoms with Crippen LogP contribution in [0.2, 0.25) is 0 Å². The van der Waals surface area contributed by atoms with Gasteiger partial charge >= 0.3 is 0 Å². The maximum Gasteiger partial charge on any atom is 0.227 e. The molecule has 21 heavy (non-hydrogen) atoms. The van der Waals surface area contributed by atoms with Gasteiger partial charge in [-0.2, -0.15) is 0 Å². The largest absolute Gasteiger partial charge is 0.357 e. The number of nitrogens with zero attached hydrogens (tertiary/aromatic N) is 1. The molecule has 5 nitrogen and oxygen atoms in total. The third-order valence-electron chi connectivity index (χ3n) is 3.87. The van der Waals surface area contributed by atoms with Crippen molar-refractivity contribution in [2.45, 2.75) is 65.8 Å². The lowest BCUT2D eigenvalue weighted by Crippen LogP contribution is -2.45. The fourth-order valence-corrected chi connectivity index (χ4v) is 2.51. The summed E-state index contributed by atoms with van der Waals surface area (Å²) >= 11 is 0. The number of guanidine groups is 1. The van der Waals surface area contributed by atoms with Gasteiger partial charge in [-0.15, -0.1) is 0 Å². The van der Waals surface area contributed by atoms with Gasteiger partial charge in [0.25, 0.3) is 0 Å². The highest BCUT2D eigenvalue weighted by molar-refractivity contribution is 5.83. The van der Waals surface area contributed by atoms with E-state index in [9.17, 15) is 4.79 Å². The van der Waals surface area contributed by atoms with E-state index in [1.54, 1.807) is 0 Å². The smallest absolute Gasteiger partial charge is 0.227 e. The lowest BCUT2D eigenvalue weighted by Gasteiger charge is -2.26. The third-order valence-corrected chi connectivity index (χ3v) is 3.87. The quantitative estimate of drug-likeness (QED) is 0.519. The number of carbonyl (C=O) groups is 1. The van der Waals surface area contributed by atoms with E-state index >= 15 is 0 Å². The highest BCUT2D eigenvalue weighted by Gasteiger charge is 2.27. The summed E-state index contributed by atoms with van der Waals surface area (Å²) in [5, 5.41) is 9.66. The van der Waals surface area contributed by atoms with Gasteiger partial charge in [-0.1, -0.05) is 19.3 Å². The van der Waals surface area contributed by atoms with Gasteiger partial charge in [0, 0.05) is 19.1 Å². The molecule has 0 spiro atoms. The van der Waals surface area contributed by atoms with Gasteiger partial charge in [-0.25, -0.2) is 0 Å². The highest BCUT2D eigenvalue weighted by Crippen LogP contribution is 2.18. The molecule has 0 aromatic rings. The van der Waals surface area contributed by atoms with Crippen LogP contribution in [-0.4, -0.2) is 37.5 Å². The molecule has 5 heteroatoms. The molecular formula is C16H32N4O. The number of aliphatic imine (C=N–C) groups is 1. The molecule has 0 aromatic heterocycles. The second kappa shape index (κ2) is 8.90. The van der Waals surface area contributed by atoms with Crippen LogP contribution in [-0.2, 0) is 4.79 Å². The third kappa shape index (κ3) is 6.36. The Bertz CT molecular complexity index is 346. The Morgan fingerprint density at radius 1 is 1.10 bits per heavy atom. The van der Waals surface area contributed by atoms with E-state index in [2.05, 4.69) is 27.9 Å². The molecule has 1 amide bonds. The minimum atomic E-state index is -0.481. The molecule has 0 radical (unpaired) electrons. The van der Waals surface area contributed by atoms with Crippen molar-refractivity contribution in [1.82, 2.24) is 16.0 Å². The van der Waals surface area contributed by atoms with Crippen molar-refractivity contribution in [3.05, 3.63) is 0 Å². The Morgan fingerprint density at radius 3 is 2.29 bits per heavy atom. The van der Waals surface area contributed by atoms with Gasteiger partial charge in [-0.05, 0) is 40.5 Å². The van der Waals surface area contributed by atoms with Crippen molar-refractivity contribution in [3.63, 3.8) is 0 Å². The number of amides is 1. The summed E-state index contributed by atoms with van der Waals surface area (Å²) in [7, 11) is 0. The lowest BCUT2D eigenvalue weighted by atomic mass is 9.92. The van der Waals surface area contributed by atoms with E-state index < -0.39 is 5.41 Å². The van der Waals surface area contributed by atoms with Crippen LogP contribution in [0, 0.1) is 5.41 Å². The van der Waals surface area contributed by atoms with Crippen LogP contribution in [0.3, 0.4) is 0 Å². The molecule has 122 valence electrons. The maximum absolute atomic E-state index is 12.0. The highest BCUT2D eigenvalue weighted by atomic mass is 16.2.